The second-order valence-corrected chi connectivity index (χ2v) is 11.8. The molecule has 2 aromatic rings. The van der Waals surface area contributed by atoms with Crippen molar-refractivity contribution in [3.63, 3.8) is 0 Å². The minimum Gasteiger partial charge on any atom is -0.489 e. The summed E-state index contributed by atoms with van der Waals surface area (Å²) in [5, 5.41) is 12.4. The lowest BCUT2D eigenvalue weighted by atomic mass is 9.78. The highest BCUT2D eigenvalue weighted by Crippen LogP contribution is 2.41. The van der Waals surface area contributed by atoms with E-state index in [0.717, 1.165) is 0 Å². The first kappa shape index (κ1) is 25.0. The van der Waals surface area contributed by atoms with Crippen molar-refractivity contribution < 1.29 is 32.2 Å². The van der Waals surface area contributed by atoms with E-state index in [4.69, 9.17) is 4.74 Å². The number of aromatic nitrogens is 1. The van der Waals surface area contributed by atoms with Crippen molar-refractivity contribution in [1.29, 1.82) is 0 Å². The Labute approximate surface area is 203 Å². The molecule has 0 saturated carbocycles. The van der Waals surface area contributed by atoms with Gasteiger partial charge < -0.3 is 24.6 Å². The maximum Gasteiger partial charge on any atom is 0.407 e. The summed E-state index contributed by atoms with van der Waals surface area (Å²) in [5.74, 6) is -1.64. The Balaban J connectivity index is 1.72. The Bertz CT molecular complexity index is 1300. The van der Waals surface area contributed by atoms with Gasteiger partial charge in [0.25, 0.3) is 5.91 Å². The van der Waals surface area contributed by atoms with Crippen molar-refractivity contribution in [3.8, 4) is 5.75 Å². The second kappa shape index (κ2) is 8.52. The van der Waals surface area contributed by atoms with E-state index in [2.05, 4.69) is 10.0 Å². The van der Waals surface area contributed by atoms with Crippen LogP contribution in [0.4, 0.5) is 14.9 Å². The number of nitrogens with zero attached hydrogens (tertiary/aromatic N) is 2. The summed E-state index contributed by atoms with van der Waals surface area (Å²) < 4.78 is 50.2. The number of fused-ring (bicyclic) bond motifs is 2. The number of nitrogens with one attached hydrogen (secondary N) is 2. The fourth-order valence-electron chi connectivity index (χ4n) is 5.08. The average molecular weight is 509 g/mol. The van der Waals surface area contributed by atoms with Crippen molar-refractivity contribution in [2.75, 3.05) is 18.5 Å². The van der Waals surface area contributed by atoms with E-state index in [0.29, 0.717) is 11.3 Å². The maximum absolute atomic E-state index is 13.6. The lowest BCUT2D eigenvalue weighted by Crippen LogP contribution is -2.48. The van der Waals surface area contributed by atoms with E-state index in [1.807, 2.05) is 20.8 Å². The van der Waals surface area contributed by atoms with E-state index in [1.54, 1.807) is 6.92 Å². The quantitative estimate of drug-likeness (QED) is 0.572. The van der Waals surface area contributed by atoms with Gasteiger partial charge in [0.05, 0.1) is 6.61 Å². The zero-order chi connectivity index (χ0) is 25.9. The van der Waals surface area contributed by atoms with E-state index in [-0.39, 0.29) is 29.5 Å². The number of hydrogen-bond acceptors (Lipinski definition) is 5. The number of anilines is 1. The first-order chi connectivity index (χ1) is 16.2. The van der Waals surface area contributed by atoms with Gasteiger partial charge >= 0.3 is 6.09 Å². The van der Waals surface area contributed by atoms with Crippen LogP contribution in [0.25, 0.3) is 0 Å². The number of sulfonamides is 1. The molecule has 190 valence electrons. The van der Waals surface area contributed by atoms with Crippen LogP contribution in [0.3, 0.4) is 0 Å². The molecule has 2 aliphatic heterocycles. The molecule has 35 heavy (non-hydrogen) atoms. The molecule has 4 rings (SSSR count). The summed E-state index contributed by atoms with van der Waals surface area (Å²) in [6.07, 6.45) is 0.150. The van der Waals surface area contributed by atoms with E-state index in [9.17, 15) is 27.5 Å². The molecule has 1 aromatic carbocycles. The van der Waals surface area contributed by atoms with Gasteiger partial charge in [-0.2, -0.15) is 0 Å². The van der Waals surface area contributed by atoms with Crippen molar-refractivity contribution in [1.82, 2.24) is 14.2 Å². The number of ether oxygens (including phenoxy) is 1. The fourth-order valence-corrected chi connectivity index (χ4v) is 6.55. The average Bonchev–Trinajstić information content (AvgIpc) is 3.25. The normalized spacial score (nSPS) is 23.5. The molecule has 1 unspecified atom stereocenters. The number of amides is 2. The first-order valence-electron chi connectivity index (χ1n) is 11.1. The van der Waals surface area contributed by atoms with Gasteiger partial charge in [0.1, 0.15) is 10.7 Å². The van der Waals surface area contributed by atoms with Gasteiger partial charge in [-0.15, -0.1) is 0 Å². The van der Waals surface area contributed by atoms with Crippen LogP contribution in [0.2, 0.25) is 0 Å². The Morgan fingerprint density at radius 2 is 1.97 bits per heavy atom. The molecule has 1 aromatic heterocycles. The van der Waals surface area contributed by atoms with Gasteiger partial charge in [-0.05, 0) is 36.1 Å². The maximum atomic E-state index is 13.6. The largest absolute Gasteiger partial charge is 0.489 e. The highest BCUT2D eigenvalue weighted by atomic mass is 32.2. The number of likely N-dealkylation sites (tertiary alicyclic amines) is 1. The predicted octanol–water partition coefficient (Wildman–Crippen LogP) is 2.79. The van der Waals surface area contributed by atoms with Gasteiger partial charge in [-0.25, -0.2) is 22.3 Å². The monoisotopic (exact) mass is 508 g/mol. The molecular weight excluding hydrogens is 479 g/mol. The highest BCUT2D eigenvalue weighted by molar-refractivity contribution is 7.89. The number of carbonyl (C=O) groups is 2. The van der Waals surface area contributed by atoms with Crippen LogP contribution in [0, 0.1) is 24.1 Å². The van der Waals surface area contributed by atoms with Crippen LogP contribution in [-0.2, 0) is 17.1 Å². The minimum atomic E-state index is -4.14. The summed E-state index contributed by atoms with van der Waals surface area (Å²) >= 11 is 0. The van der Waals surface area contributed by atoms with Crippen LogP contribution in [-0.4, -0.2) is 60.2 Å². The van der Waals surface area contributed by atoms with E-state index < -0.39 is 51.3 Å². The number of hydrogen-bond donors (Lipinski definition) is 3. The molecule has 2 aliphatic rings. The van der Waals surface area contributed by atoms with Gasteiger partial charge in [-0.3, -0.25) is 4.79 Å². The van der Waals surface area contributed by atoms with Gasteiger partial charge in [0.15, 0.2) is 11.4 Å². The third kappa shape index (κ3) is 4.47. The molecule has 0 aliphatic carbocycles. The van der Waals surface area contributed by atoms with Crippen LogP contribution in [0.5, 0.6) is 5.75 Å². The lowest BCUT2D eigenvalue weighted by Gasteiger charge is -2.37. The molecule has 3 heterocycles. The molecular formula is C23H29FN4O6S. The van der Waals surface area contributed by atoms with Gasteiger partial charge in [-0.1, -0.05) is 20.8 Å². The number of carboxylic acid groups (broad SMARTS) is 1. The van der Waals surface area contributed by atoms with E-state index in [1.165, 1.54) is 40.9 Å². The van der Waals surface area contributed by atoms with Gasteiger partial charge in [0, 0.05) is 43.5 Å². The van der Waals surface area contributed by atoms with Crippen LogP contribution in [0.15, 0.2) is 29.3 Å². The third-order valence-electron chi connectivity index (χ3n) is 6.53. The van der Waals surface area contributed by atoms with Crippen molar-refractivity contribution >= 4 is 27.7 Å². The number of rotatable bonds is 2. The Morgan fingerprint density at radius 1 is 1.29 bits per heavy atom. The summed E-state index contributed by atoms with van der Waals surface area (Å²) in [7, 11) is -2.61. The fraction of sp³-hybridized carbons (Fsp3) is 0.478. The molecule has 0 spiro atoms. The highest BCUT2D eigenvalue weighted by Gasteiger charge is 2.52. The molecule has 3 N–H and O–H groups in total. The Kier molecular flexibility index (Phi) is 6.08. The Hall–Kier alpha value is -3.12. The Morgan fingerprint density at radius 3 is 2.57 bits per heavy atom. The molecule has 0 radical (unpaired) electrons. The minimum absolute atomic E-state index is 0.00581. The number of halogens is 1. The van der Waals surface area contributed by atoms with Crippen LogP contribution in [0.1, 0.15) is 36.8 Å². The van der Waals surface area contributed by atoms with Crippen molar-refractivity contribution in [3.05, 3.63) is 41.5 Å². The molecule has 3 atom stereocenters. The molecule has 10 nitrogen and oxygen atoms in total. The van der Waals surface area contributed by atoms with Crippen LogP contribution < -0.4 is 14.8 Å². The predicted molar refractivity (Wildman–Crippen MR) is 126 cm³/mol. The lowest BCUT2D eigenvalue weighted by molar-refractivity contribution is 0.0765. The SMILES string of the molecule is Cc1cc(NC(=O)c2c3c(cn2C)S(=O)(=O)N[C@@H]2CN(C(=O)O)C(C(C)(C)C)[C@H]2CO3)ccc1F. The van der Waals surface area contributed by atoms with E-state index >= 15 is 0 Å². The smallest absolute Gasteiger partial charge is 0.407 e. The number of benzene rings is 1. The number of carbonyl (C=O) groups excluding carboxylic acids is 1. The second-order valence-electron chi connectivity index (χ2n) is 10.1. The topological polar surface area (TPSA) is 130 Å². The number of aryl methyl sites for hydroxylation is 2. The summed E-state index contributed by atoms with van der Waals surface area (Å²) in [6.45, 7) is 7.23. The third-order valence-corrected chi connectivity index (χ3v) is 8.02. The van der Waals surface area contributed by atoms with Crippen molar-refractivity contribution in [2.24, 2.45) is 18.4 Å². The molecule has 1 fully saturated rings. The zero-order valence-corrected chi connectivity index (χ0v) is 20.9. The molecule has 0 bridgehead atoms. The van der Waals surface area contributed by atoms with Crippen molar-refractivity contribution in [2.45, 2.75) is 44.7 Å². The summed E-state index contributed by atoms with van der Waals surface area (Å²) in [5.41, 5.74) is 0.172. The molecule has 2 amide bonds. The molecule has 12 heteroatoms. The standard InChI is InChI=1S/C23H29FN4O6S/c1-12-8-13(6-7-15(12)24)25-21(29)18-19-17(10-27(18)5)35(32,33)26-16-9-28(22(30)31)20(23(2,3)4)14(16)11-34-19/h6-8,10,14,16,20,26H,9,11H2,1-5H3,(H,25,29)(H,30,31)/t14-,16+,20?/m0/s1. The molecule has 1 saturated heterocycles. The summed E-state index contributed by atoms with van der Waals surface area (Å²) in [4.78, 5) is 26.1. The zero-order valence-electron chi connectivity index (χ0n) is 20.1. The first-order valence-corrected chi connectivity index (χ1v) is 12.6. The van der Waals surface area contributed by atoms with Gasteiger partial charge in [0.2, 0.25) is 10.0 Å². The van der Waals surface area contributed by atoms with Crippen LogP contribution >= 0.6 is 0 Å². The summed E-state index contributed by atoms with van der Waals surface area (Å²) in [6, 6.07) is 2.90.